The van der Waals surface area contributed by atoms with Crippen LogP contribution in [-0.2, 0) is 25.9 Å². The Balaban J connectivity index is 1.76. The van der Waals surface area contributed by atoms with Gasteiger partial charge in [0.15, 0.2) is 9.84 Å². The molecule has 0 radical (unpaired) electrons. The molecule has 0 saturated carbocycles. The van der Waals surface area contributed by atoms with Crippen molar-refractivity contribution < 1.29 is 27.5 Å². The van der Waals surface area contributed by atoms with Crippen LogP contribution in [0.3, 0.4) is 0 Å². The molecular formula is C19H19NO6S. The molecule has 142 valence electrons. The van der Waals surface area contributed by atoms with Crippen molar-refractivity contribution in [3.05, 3.63) is 65.2 Å². The molecule has 0 saturated heterocycles. The standard InChI is InChI=1S/C19H19NO6S/c1-25-18(21)14-7-8-15-16(9-10-27(23,24)17(15)11-14)20-19(22)26-12-13-5-3-2-4-6-13/h2-8,11,16H,9-10,12H2,1H3,(H,20,22)/t16-/m1/s1. The van der Waals surface area contributed by atoms with E-state index in [0.29, 0.717) is 5.56 Å². The molecule has 0 fully saturated rings. The summed E-state index contributed by atoms with van der Waals surface area (Å²) in [5.41, 5.74) is 1.43. The first kappa shape index (κ1) is 18.9. The Labute approximate surface area is 157 Å². The lowest BCUT2D eigenvalue weighted by molar-refractivity contribution is 0.0600. The van der Waals surface area contributed by atoms with Crippen LogP contribution in [0.5, 0.6) is 0 Å². The van der Waals surface area contributed by atoms with E-state index >= 15 is 0 Å². The molecule has 1 aliphatic heterocycles. The van der Waals surface area contributed by atoms with Gasteiger partial charge in [-0.2, -0.15) is 0 Å². The molecule has 27 heavy (non-hydrogen) atoms. The molecule has 8 heteroatoms. The van der Waals surface area contributed by atoms with Gasteiger partial charge in [-0.1, -0.05) is 36.4 Å². The fourth-order valence-electron chi connectivity index (χ4n) is 2.93. The lowest BCUT2D eigenvalue weighted by Crippen LogP contribution is -2.34. The Morgan fingerprint density at radius 3 is 2.59 bits per heavy atom. The minimum atomic E-state index is -3.53. The highest BCUT2D eigenvalue weighted by atomic mass is 32.2. The lowest BCUT2D eigenvalue weighted by atomic mass is 10.0. The van der Waals surface area contributed by atoms with E-state index < -0.39 is 27.9 Å². The van der Waals surface area contributed by atoms with Gasteiger partial charge < -0.3 is 14.8 Å². The number of hydrogen-bond donors (Lipinski definition) is 1. The van der Waals surface area contributed by atoms with E-state index in [4.69, 9.17) is 4.74 Å². The predicted octanol–water partition coefficient (Wildman–Crippen LogP) is 2.62. The molecule has 0 spiro atoms. The van der Waals surface area contributed by atoms with Crippen molar-refractivity contribution >= 4 is 21.9 Å². The summed E-state index contributed by atoms with van der Waals surface area (Å²) in [7, 11) is -2.30. The summed E-state index contributed by atoms with van der Waals surface area (Å²) in [6.07, 6.45) is -0.404. The van der Waals surface area contributed by atoms with Gasteiger partial charge in [0, 0.05) is 0 Å². The van der Waals surface area contributed by atoms with Crippen molar-refractivity contribution in [3.8, 4) is 0 Å². The largest absolute Gasteiger partial charge is 0.465 e. The fourth-order valence-corrected chi connectivity index (χ4v) is 4.57. The number of ether oxygens (including phenoxy) is 2. The number of esters is 1. The molecule has 2 aromatic rings. The summed E-state index contributed by atoms with van der Waals surface area (Å²) in [6, 6.07) is 13.0. The summed E-state index contributed by atoms with van der Waals surface area (Å²) >= 11 is 0. The Hall–Kier alpha value is -2.87. The summed E-state index contributed by atoms with van der Waals surface area (Å²) in [4.78, 5) is 23.8. The van der Waals surface area contributed by atoms with Crippen molar-refractivity contribution in [2.45, 2.75) is 24.0 Å². The fraction of sp³-hybridized carbons (Fsp3) is 0.263. The normalized spacial score (nSPS) is 17.4. The molecule has 0 aliphatic carbocycles. The number of amides is 1. The number of alkyl carbamates (subject to hydrolysis) is 1. The monoisotopic (exact) mass is 389 g/mol. The Bertz CT molecular complexity index is 955. The van der Waals surface area contributed by atoms with Crippen molar-refractivity contribution in [1.29, 1.82) is 0 Å². The van der Waals surface area contributed by atoms with E-state index in [1.807, 2.05) is 30.3 Å². The Morgan fingerprint density at radius 2 is 1.89 bits per heavy atom. The number of benzene rings is 2. The summed E-state index contributed by atoms with van der Waals surface area (Å²) in [5, 5.41) is 2.70. The molecule has 3 rings (SSSR count). The maximum Gasteiger partial charge on any atom is 0.407 e. The Morgan fingerprint density at radius 1 is 1.15 bits per heavy atom. The van der Waals surface area contributed by atoms with Crippen LogP contribution in [0.1, 0.15) is 33.9 Å². The van der Waals surface area contributed by atoms with Gasteiger partial charge in [0.05, 0.1) is 29.4 Å². The van der Waals surface area contributed by atoms with Gasteiger partial charge in [0.1, 0.15) is 6.61 Å². The molecule has 2 aromatic carbocycles. The van der Waals surface area contributed by atoms with Crippen molar-refractivity contribution in [2.75, 3.05) is 12.9 Å². The van der Waals surface area contributed by atoms with Gasteiger partial charge >= 0.3 is 12.1 Å². The maximum atomic E-state index is 12.4. The average Bonchev–Trinajstić information content (AvgIpc) is 2.68. The van der Waals surface area contributed by atoms with Gasteiger partial charge in [-0.25, -0.2) is 18.0 Å². The van der Waals surface area contributed by atoms with Gasteiger partial charge in [-0.3, -0.25) is 0 Å². The van der Waals surface area contributed by atoms with E-state index in [0.717, 1.165) is 5.56 Å². The number of carbonyl (C=O) groups is 2. The Kier molecular flexibility index (Phi) is 5.46. The highest BCUT2D eigenvalue weighted by Gasteiger charge is 2.32. The zero-order chi connectivity index (χ0) is 19.4. The molecule has 1 N–H and O–H groups in total. The van der Waals surface area contributed by atoms with Crippen molar-refractivity contribution in [1.82, 2.24) is 5.32 Å². The predicted molar refractivity (Wildman–Crippen MR) is 97.0 cm³/mol. The highest BCUT2D eigenvalue weighted by Crippen LogP contribution is 2.33. The number of methoxy groups -OCH3 is 1. The summed E-state index contributed by atoms with van der Waals surface area (Å²) in [5.74, 6) is -0.751. The second kappa shape index (κ2) is 7.79. The molecule has 1 amide bonds. The molecule has 0 unspecified atom stereocenters. The van der Waals surface area contributed by atoms with Gasteiger partial charge in [-0.15, -0.1) is 0 Å². The maximum absolute atomic E-state index is 12.4. The van der Waals surface area contributed by atoms with Gasteiger partial charge in [0.25, 0.3) is 0 Å². The zero-order valence-corrected chi connectivity index (χ0v) is 15.5. The van der Waals surface area contributed by atoms with Gasteiger partial charge in [-0.05, 0) is 29.7 Å². The average molecular weight is 389 g/mol. The number of fused-ring (bicyclic) bond motifs is 1. The molecule has 0 bridgehead atoms. The van der Waals surface area contributed by atoms with Crippen LogP contribution in [0.2, 0.25) is 0 Å². The van der Waals surface area contributed by atoms with Crippen LogP contribution in [0.15, 0.2) is 53.4 Å². The minimum Gasteiger partial charge on any atom is -0.465 e. The smallest absolute Gasteiger partial charge is 0.407 e. The second-order valence-corrected chi connectivity index (χ2v) is 8.19. The minimum absolute atomic E-state index is 0.0324. The molecule has 1 aliphatic rings. The quantitative estimate of drug-likeness (QED) is 0.807. The first-order chi connectivity index (χ1) is 12.9. The number of sulfone groups is 1. The summed E-state index contributed by atoms with van der Waals surface area (Å²) in [6.45, 7) is 0.117. The van der Waals surface area contributed by atoms with E-state index in [2.05, 4.69) is 10.1 Å². The third kappa shape index (κ3) is 4.28. The first-order valence-corrected chi connectivity index (χ1v) is 9.98. The van der Waals surface area contributed by atoms with Crippen LogP contribution in [0.4, 0.5) is 4.79 Å². The second-order valence-electron chi connectivity index (χ2n) is 6.11. The van der Waals surface area contributed by atoms with Crippen LogP contribution in [-0.4, -0.2) is 33.3 Å². The number of carbonyl (C=O) groups excluding carboxylic acids is 2. The molecule has 7 nitrogen and oxygen atoms in total. The molecule has 0 aromatic heterocycles. The number of rotatable bonds is 4. The van der Waals surface area contributed by atoms with Crippen LogP contribution in [0, 0.1) is 0 Å². The molecule has 1 atom stereocenters. The van der Waals surface area contributed by atoms with Crippen LogP contribution < -0.4 is 5.32 Å². The first-order valence-electron chi connectivity index (χ1n) is 8.33. The van der Waals surface area contributed by atoms with E-state index in [-0.39, 0.29) is 29.2 Å². The topological polar surface area (TPSA) is 98.8 Å². The third-order valence-electron chi connectivity index (χ3n) is 4.33. The molecular weight excluding hydrogens is 370 g/mol. The van der Waals surface area contributed by atoms with E-state index in [9.17, 15) is 18.0 Å². The summed E-state index contributed by atoms with van der Waals surface area (Å²) < 4.78 is 34.6. The number of hydrogen-bond acceptors (Lipinski definition) is 6. The third-order valence-corrected chi connectivity index (χ3v) is 6.12. The molecule has 1 heterocycles. The number of nitrogens with one attached hydrogen (secondary N) is 1. The highest BCUT2D eigenvalue weighted by molar-refractivity contribution is 7.91. The van der Waals surface area contributed by atoms with E-state index in [1.54, 1.807) is 0 Å². The lowest BCUT2D eigenvalue weighted by Gasteiger charge is -2.26. The van der Waals surface area contributed by atoms with Crippen molar-refractivity contribution in [2.24, 2.45) is 0 Å². The van der Waals surface area contributed by atoms with Crippen LogP contribution in [0.25, 0.3) is 0 Å². The van der Waals surface area contributed by atoms with E-state index in [1.165, 1.54) is 25.3 Å². The SMILES string of the molecule is COC(=O)c1ccc2c(c1)S(=O)(=O)CC[C@H]2NC(=O)OCc1ccccc1. The van der Waals surface area contributed by atoms with Crippen molar-refractivity contribution in [3.63, 3.8) is 0 Å². The van der Waals surface area contributed by atoms with Crippen LogP contribution >= 0.6 is 0 Å². The zero-order valence-electron chi connectivity index (χ0n) is 14.7. The van der Waals surface area contributed by atoms with Gasteiger partial charge in [0.2, 0.25) is 0 Å².